The van der Waals surface area contributed by atoms with Crippen molar-refractivity contribution in [2.24, 2.45) is 0 Å². The molecule has 0 N–H and O–H groups in total. The van der Waals surface area contributed by atoms with E-state index in [1.165, 1.54) is 65.3 Å². The van der Waals surface area contributed by atoms with Crippen LogP contribution in [0.15, 0.2) is 194 Å². The first-order valence-corrected chi connectivity index (χ1v) is 19.1. The normalized spacial score (nSPS) is 11.9. The van der Waals surface area contributed by atoms with Crippen molar-refractivity contribution in [1.29, 1.82) is 0 Å². The summed E-state index contributed by atoms with van der Waals surface area (Å²) in [4.78, 5) is 10.8. The van der Waals surface area contributed by atoms with Gasteiger partial charge >= 0.3 is 0 Å². The number of para-hydroxylation sites is 3. The van der Waals surface area contributed by atoms with Crippen molar-refractivity contribution in [3.8, 4) is 34.0 Å². The van der Waals surface area contributed by atoms with E-state index in [0.29, 0.717) is 5.95 Å². The van der Waals surface area contributed by atoms with Gasteiger partial charge < -0.3 is 4.57 Å². The van der Waals surface area contributed by atoms with Gasteiger partial charge in [0.25, 0.3) is 0 Å². The van der Waals surface area contributed by atoms with Crippen molar-refractivity contribution < 1.29 is 0 Å². The SMILES string of the molecule is c1ccc(-c2ccc(-c3nc(-n4c5ccccc5c5c6c7c8ccccc8c8ccccc8c7n(-c7ccccc7)c6ccc54)nc4ccccc34)cc2)cc1. The van der Waals surface area contributed by atoms with Gasteiger partial charge in [-0.3, -0.25) is 4.57 Å². The molecule has 260 valence electrons. The summed E-state index contributed by atoms with van der Waals surface area (Å²) >= 11 is 0. The van der Waals surface area contributed by atoms with Crippen LogP contribution >= 0.6 is 0 Å². The third-order valence-electron chi connectivity index (χ3n) is 11.5. The van der Waals surface area contributed by atoms with Gasteiger partial charge in [-0.1, -0.05) is 158 Å². The number of aromatic nitrogens is 4. The fraction of sp³-hybridized carbons (Fsp3) is 0. The maximum atomic E-state index is 5.45. The van der Waals surface area contributed by atoms with E-state index in [9.17, 15) is 0 Å². The van der Waals surface area contributed by atoms with E-state index in [4.69, 9.17) is 9.97 Å². The van der Waals surface area contributed by atoms with E-state index in [0.717, 1.165) is 38.9 Å². The van der Waals surface area contributed by atoms with Crippen LogP contribution in [0.2, 0.25) is 0 Å². The first kappa shape index (κ1) is 30.9. The van der Waals surface area contributed by atoms with Gasteiger partial charge in [0.05, 0.1) is 33.3 Å². The van der Waals surface area contributed by atoms with Crippen molar-refractivity contribution in [3.63, 3.8) is 0 Å². The summed E-state index contributed by atoms with van der Waals surface area (Å²) in [6.07, 6.45) is 0. The van der Waals surface area contributed by atoms with Gasteiger partial charge in [0.2, 0.25) is 5.95 Å². The highest BCUT2D eigenvalue weighted by atomic mass is 15.2. The van der Waals surface area contributed by atoms with Crippen LogP contribution in [0.1, 0.15) is 0 Å². The molecule has 0 spiro atoms. The van der Waals surface area contributed by atoms with Crippen molar-refractivity contribution in [3.05, 3.63) is 194 Å². The first-order valence-electron chi connectivity index (χ1n) is 19.1. The lowest BCUT2D eigenvalue weighted by molar-refractivity contribution is 1.01. The Morgan fingerprint density at radius 2 is 0.839 bits per heavy atom. The topological polar surface area (TPSA) is 35.6 Å². The quantitative estimate of drug-likeness (QED) is 0.170. The van der Waals surface area contributed by atoms with Crippen molar-refractivity contribution in [2.45, 2.75) is 0 Å². The van der Waals surface area contributed by atoms with Crippen LogP contribution in [-0.2, 0) is 0 Å². The molecule has 0 radical (unpaired) electrons. The van der Waals surface area contributed by atoms with Crippen LogP contribution in [0, 0.1) is 0 Å². The first-order chi connectivity index (χ1) is 27.8. The van der Waals surface area contributed by atoms with Gasteiger partial charge in [-0.05, 0) is 63.7 Å². The van der Waals surface area contributed by atoms with Gasteiger partial charge in [0, 0.05) is 43.6 Å². The fourth-order valence-electron chi connectivity index (χ4n) is 9.11. The van der Waals surface area contributed by atoms with E-state index in [1.807, 2.05) is 0 Å². The Kier molecular flexibility index (Phi) is 6.60. The van der Waals surface area contributed by atoms with Crippen LogP contribution in [0.4, 0.5) is 0 Å². The van der Waals surface area contributed by atoms with Crippen LogP contribution in [-0.4, -0.2) is 19.1 Å². The molecule has 12 rings (SSSR count). The van der Waals surface area contributed by atoms with E-state index in [1.54, 1.807) is 0 Å². The van der Waals surface area contributed by atoms with Gasteiger partial charge in [0.1, 0.15) is 0 Å². The molecule has 0 aliphatic carbocycles. The third-order valence-corrected chi connectivity index (χ3v) is 11.5. The summed E-state index contributed by atoms with van der Waals surface area (Å²) in [6.45, 7) is 0. The Morgan fingerprint density at radius 3 is 1.59 bits per heavy atom. The molecule has 3 heterocycles. The van der Waals surface area contributed by atoms with E-state index < -0.39 is 0 Å². The average Bonchev–Trinajstić information content (AvgIpc) is 3.80. The molecule has 4 heteroatoms. The summed E-state index contributed by atoms with van der Waals surface area (Å²) in [5, 5.41) is 10.9. The number of fused-ring (bicyclic) bond motifs is 13. The Hall–Kier alpha value is -7.56. The summed E-state index contributed by atoms with van der Waals surface area (Å²) in [7, 11) is 0. The van der Waals surface area contributed by atoms with Crippen LogP contribution in [0.5, 0.6) is 0 Å². The molecule has 56 heavy (non-hydrogen) atoms. The molecule has 3 aromatic heterocycles. The largest absolute Gasteiger partial charge is 0.309 e. The summed E-state index contributed by atoms with van der Waals surface area (Å²) in [5.41, 5.74) is 10.9. The molecule has 0 atom stereocenters. The molecule has 0 saturated carbocycles. The second-order valence-corrected chi connectivity index (χ2v) is 14.5. The zero-order valence-corrected chi connectivity index (χ0v) is 30.3. The smallest absolute Gasteiger partial charge is 0.235 e. The summed E-state index contributed by atoms with van der Waals surface area (Å²) in [5.74, 6) is 0.651. The molecule has 0 bridgehead atoms. The zero-order chi connectivity index (χ0) is 36.7. The highest BCUT2D eigenvalue weighted by molar-refractivity contribution is 6.38. The Labute approximate surface area is 322 Å². The zero-order valence-electron chi connectivity index (χ0n) is 30.3. The van der Waals surface area contributed by atoms with Crippen molar-refractivity contribution in [1.82, 2.24) is 19.1 Å². The molecule has 0 amide bonds. The molecule has 0 aliphatic heterocycles. The lowest BCUT2D eigenvalue weighted by Crippen LogP contribution is -2.03. The van der Waals surface area contributed by atoms with Crippen molar-refractivity contribution in [2.75, 3.05) is 0 Å². The minimum Gasteiger partial charge on any atom is -0.309 e. The second kappa shape index (κ2) is 12.0. The van der Waals surface area contributed by atoms with Crippen LogP contribution in [0.3, 0.4) is 0 Å². The minimum atomic E-state index is 0.651. The van der Waals surface area contributed by atoms with Gasteiger partial charge in [0.15, 0.2) is 0 Å². The maximum absolute atomic E-state index is 5.45. The number of benzene rings is 9. The molecule has 0 aliphatic rings. The summed E-state index contributed by atoms with van der Waals surface area (Å²) in [6, 6.07) is 69.4. The molecule has 12 aromatic rings. The van der Waals surface area contributed by atoms with E-state index in [2.05, 4.69) is 203 Å². The minimum absolute atomic E-state index is 0.651. The Bertz CT molecular complexity index is 3510. The molecule has 0 unspecified atom stereocenters. The predicted molar refractivity (Wildman–Crippen MR) is 234 cm³/mol. The standard InChI is InChI=1S/C52H32N4/c1-3-15-33(16-4-1)34-27-29-35(30-28-34)50-41-23-11-13-25-43(41)53-52(54-50)56-44-26-14-12-24-42(44)47-45(56)31-32-46-49(47)48-39-21-9-7-19-37(39)38-20-8-10-22-40(38)51(48)55(46)36-17-5-2-6-18-36/h1-32H. The predicted octanol–water partition coefficient (Wildman–Crippen LogP) is 13.5. The lowest BCUT2D eigenvalue weighted by Gasteiger charge is -2.12. The molecular formula is C52H32N4. The van der Waals surface area contributed by atoms with E-state index in [-0.39, 0.29) is 0 Å². The molecule has 0 saturated heterocycles. The Balaban J connectivity index is 1.21. The van der Waals surface area contributed by atoms with Gasteiger partial charge in [-0.25, -0.2) is 9.97 Å². The van der Waals surface area contributed by atoms with Crippen LogP contribution < -0.4 is 0 Å². The second-order valence-electron chi connectivity index (χ2n) is 14.5. The van der Waals surface area contributed by atoms with Gasteiger partial charge in [-0.2, -0.15) is 0 Å². The van der Waals surface area contributed by atoms with E-state index >= 15 is 0 Å². The monoisotopic (exact) mass is 712 g/mol. The number of nitrogens with zero attached hydrogens (tertiary/aromatic N) is 4. The summed E-state index contributed by atoms with van der Waals surface area (Å²) < 4.78 is 4.74. The molecular weight excluding hydrogens is 681 g/mol. The van der Waals surface area contributed by atoms with Crippen LogP contribution in [0.25, 0.3) is 110 Å². The molecule has 4 nitrogen and oxygen atoms in total. The highest BCUT2D eigenvalue weighted by Gasteiger charge is 2.25. The number of rotatable bonds is 4. The fourth-order valence-corrected chi connectivity index (χ4v) is 9.11. The number of hydrogen-bond donors (Lipinski definition) is 0. The third kappa shape index (κ3) is 4.41. The maximum Gasteiger partial charge on any atom is 0.235 e. The van der Waals surface area contributed by atoms with Crippen molar-refractivity contribution >= 4 is 76.1 Å². The average molecular weight is 713 g/mol. The lowest BCUT2D eigenvalue weighted by atomic mass is 9.95. The molecule has 9 aromatic carbocycles. The van der Waals surface area contributed by atoms with Gasteiger partial charge in [-0.15, -0.1) is 0 Å². The molecule has 0 fully saturated rings. The number of hydrogen-bond acceptors (Lipinski definition) is 2. The highest BCUT2D eigenvalue weighted by Crippen LogP contribution is 2.47. The Morgan fingerprint density at radius 1 is 0.304 bits per heavy atom.